The van der Waals surface area contributed by atoms with Crippen LogP contribution in [0.2, 0.25) is 0 Å². The third-order valence-corrected chi connectivity index (χ3v) is 6.68. The molecular formula is C29H28N4O3. The molecule has 36 heavy (non-hydrogen) atoms. The van der Waals surface area contributed by atoms with Crippen LogP contribution in [-0.2, 0) is 13.5 Å². The number of rotatable bonds is 5. The Kier molecular flexibility index (Phi) is 5.81. The Morgan fingerprint density at radius 2 is 1.75 bits per heavy atom. The number of nitrogens with one attached hydrogen (secondary N) is 1. The third kappa shape index (κ3) is 4.17. The maximum atomic E-state index is 13.7. The van der Waals surface area contributed by atoms with Gasteiger partial charge in [-0.05, 0) is 42.3 Å². The number of aromatic nitrogens is 2. The highest BCUT2D eigenvalue weighted by Gasteiger charge is 2.35. The normalized spacial score (nSPS) is 16.8. The highest BCUT2D eigenvalue weighted by Crippen LogP contribution is 2.39. The smallest absolute Gasteiger partial charge is 0.257 e. The van der Waals surface area contributed by atoms with Crippen LogP contribution in [0.5, 0.6) is 11.5 Å². The predicted octanol–water partition coefficient (Wildman–Crippen LogP) is 5.06. The van der Waals surface area contributed by atoms with E-state index < -0.39 is 0 Å². The van der Waals surface area contributed by atoms with Gasteiger partial charge in [0.15, 0.2) is 11.5 Å². The molecule has 0 spiro atoms. The van der Waals surface area contributed by atoms with Crippen molar-refractivity contribution in [3.05, 3.63) is 95.7 Å². The molecular weight excluding hydrogens is 452 g/mol. The number of para-hydroxylation sites is 1. The molecule has 0 bridgehead atoms. The van der Waals surface area contributed by atoms with Gasteiger partial charge in [0.1, 0.15) is 6.17 Å². The van der Waals surface area contributed by atoms with Gasteiger partial charge in [-0.15, -0.1) is 0 Å². The molecule has 4 aromatic rings. The molecule has 3 aromatic carbocycles. The summed E-state index contributed by atoms with van der Waals surface area (Å²) in [5.74, 6) is 1.48. The summed E-state index contributed by atoms with van der Waals surface area (Å²) in [6.45, 7) is 1.84. The molecule has 2 aliphatic rings. The predicted molar refractivity (Wildman–Crippen MR) is 138 cm³/mol. The molecule has 7 heteroatoms. The number of hydrogen-bond donors (Lipinski definition) is 1. The Hall–Kier alpha value is -4.26. The Morgan fingerprint density at radius 1 is 0.972 bits per heavy atom. The van der Waals surface area contributed by atoms with Crippen LogP contribution < -0.4 is 14.8 Å². The molecule has 182 valence electrons. The van der Waals surface area contributed by atoms with Crippen LogP contribution >= 0.6 is 0 Å². The fourth-order valence-corrected chi connectivity index (χ4v) is 4.91. The van der Waals surface area contributed by atoms with E-state index in [0.717, 1.165) is 46.8 Å². The van der Waals surface area contributed by atoms with Crippen LogP contribution in [0.25, 0.3) is 11.3 Å². The van der Waals surface area contributed by atoms with Crippen molar-refractivity contribution in [2.24, 2.45) is 7.05 Å². The van der Waals surface area contributed by atoms with Crippen LogP contribution in [0, 0.1) is 0 Å². The number of anilines is 1. The molecule has 1 atom stereocenters. The molecule has 7 nitrogen and oxygen atoms in total. The molecule has 3 heterocycles. The number of hydrogen-bond acceptors (Lipinski definition) is 5. The van der Waals surface area contributed by atoms with Crippen LogP contribution in [0.4, 0.5) is 5.69 Å². The van der Waals surface area contributed by atoms with Crippen LogP contribution in [-0.4, -0.2) is 40.3 Å². The van der Waals surface area contributed by atoms with Gasteiger partial charge in [0, 0.05) is 43.0 Å². The van der Waals surface area contributed by atoms with Crippen molar-refractivity contribution in [1.82, 2.24) is 14.7 Å². The molecule has 0 unspecified atom stereocenters. The van der Waals surface area contributed by atoms with Crippen molar-refractivity contribution in [3.8, 4) is 22.8 Å². The molecule has 0 saturated heterocycles. The van der Waals surface area contributed by atoms with E-state index in [-0.39, 0.29) is 12.1 Å². The number of fused-ring (bicyclic) bond motifs is 2. The monoisotopic (exact) mass is 480 g/mol. The summed E-state index contributed by atoms with van der Waals surface area (Å²) >= 11 is 0. The van der Waals surface area contributed by atoms with Gasteiger partial charge >= 0.3 is 0 Å². The molecule has 0 saturated carbocycles. The van der Waals surface area contributed by atoms with Crippen LogP contribution in [0.1, 0.15) is 34.1 Å². The number of ether oxygens (including phenoxy) is 2. The second-order valence-corrected chi connectivity index (χ2v) is 9.15. The van der Waals surface area contributed by atoms with E-state index in [2.05, 4.69) is 17.4 Å². The largest absolute Gasteiger partial charge is 0.490 e. The van der Waals surface area contributed by atoms with Gasteiger partial charge in [-0.2, -0.15) is 5.10 Å². The zero-order valence-electron chi connectivity index (χ0n) is 20.2. The highest BCUT2D eigenvalue weighted by atomic mass is 16.5. The number of benzene rings is 3. The van der Waals surface area contributed by atoms with Crippen molar-refractivity contribution in [1.29, 1.82) is 0 Å². The molecule has 1 amide bonds. The molecule has 1 N–H and O–H groups in total. The third-order valence-electron chi connectivity index (χ3n) is 6.68. The lowest BCUT2D eigenvalue weighted by Crippen LogP contribution is -2.44. The second-order valence-electron chi connectivity index (χ2n) is 9.15. The first kappa shape index (κ1) is 22.2. The topological polar surface area (TPSA) is 68.6 Å². The van der Waals surface area contributed by atoms with E-state index in [1.165, 1.54) is 5.56 Å². The van der Waals surface area contributed by atoms with Crippen molar-refractivity contribution in [2.45, 2.75) is 19.0 Å². The van der Waals surface area contributed by atoms with Gasteiger partial charge < -0.3 is 19.7 Å². The van der Waals surface area contributed by atoms with Gasteiger partial charge in [0.25, 0.3) is 5.91 Å². The number of carbonyl (C=O) groups excluding carboxylic acids is 1. The lowest BCUT2D eigenvalue weighted by atomic mass is 10.00. The van der Waals surface area contributed by atoms with Crippen molar-refractivity contribution >= 4 is 11.6 Å². The summed E-state index contributed by atoms with van der Waals surface area (Å²) in [5.41, 5.74) is 5.37. The van der Waals surface area contributed by atoms with E-state index >= 15 is 0 Å². The maximum absolute atomic E-state index is 13.7. The second kappa shape index (κ2) is 9.41. The van der Waals surface area contributed by atoms with E-state index in [0.29, 0.717) is 25.3 Å². The SMILES string of the molecule is Cn1cc([C@H]2Nc3ccccc3C(=O)N2CCc2ccccc2)c(-c2ccc3c(c2)OCCCO3)n1. The van der Waals surface area contributed by atoms with Gasteiger partial charge in [-0.3, -0.25) is 9.48 Å². The van der Waals surface area contributed by atoms with Crippen LogP contribution in [0.15, 0.2) is 79.0 Å². The Morgan fingerprint density at radius 3 is 2.61 bits per heavy atom. The lowest BCUT2D eigenvalue weighted by Gasteiger charge is -2.38. The summed E-state index contributed by atoms with van der Waals surface area (Å²) in [7, 11) is 1.91. The summed E-state index contributed by atoms with van der Waals surface area (Å²) in [4.78, 5) is 15.6. The molecule has 0 fully saturated rings. The molecule has 0 radical (unpaired) electrons. The first-order valence-corrected chi connectivity index (χ1v) is 12.3. The van der Waals surface area contributed by atoms with Gasteiger partial charge in [-0.25, -0.2) is 0 Å². The Balaban J connectivity index is 1.40. The zero-order valence-corrected chi connectivity index (χ0v) is 20.2. The van der Waals surface area contributed by atoms with Gasteiger partial charge in [0.2, 0.25) is 0 Å². The van der Waals surface area contributed by atoms with Crippen molar-refractivity contribution in [3.63, 3.8) is 0 Å². The minimum atomic E-state index is -0.365. The fourth-order valence-electron chi connectivity index (χ4n) is 4.91. The van der Waals surface area contributed by atoms with Crippen molar-refractivity contribution in [2.75, 3.05) is 25.1 Å². The average Bonchev–Trinajstić information content (AvgIpc) is 3.14. The lowest BCUT2D eigenvalue weighted by molar-refractivity contribution is 0.0686. The minimum absolute atomic E-state index is 0.0127. The van der Waals surface area contributed by atoms with E-state index in [1.54, 1.807) is 4.68 Å². The summed E-state index contributed by atoms with van der Waals surface area (Å²) < 4.78 is 13.6. The van der Waals surface area contributed by atoms with Gasteiger partial charge in [0.05, 0.1) is 24.5 Å². The standard InChI is InChI=1S/C29H28N4O3/c1-32-19-23(27(31-32)21-12-13-25-26(18-21)36-17-7-16-35-25)28-30-24-11-6-5-10-22(24)29(34)33(28)15-14-20-8-3-2-4-9-20/h2-6,8-13,18-19,28,30H,7,14-17H2,1H3/t28-/m0/s1. The van der Waals surface area contributed by atoms with E-state index in [4.69, 9.17) is 14.6 Å². The van der Waals surface area contributed by atoms with Gasteiger partial charge in [-0.1, -0.05) is 42.5 Å². The quantitative estimate of drug-likeness (QED) is 0.433. The maximum Gasteiger partial charge on any atom is 0.257 e. The number of carbonyl (C=O) groups is 1. The summed E-state index contributed by atoms with van der Waals surface area (Å²) in [6, 6.07) is 23.9. The number of amides is 1. The summed E-state index contributed by atoms with van der Waals surface area (Å²) in [5, 5.41) is 8.43. The average molecular weight is 481 g/mol. The number of aryl methyl sites for hydroxylation is 1. The Labute approximate surface area is 210 Å². The van der Waals surface area contributed by atoms with Crippen LogP contribution in [0.3, 0.4) is 0 Å². The van der Waals surface area contributed by atoms with E-state index in [1.807, 2.05) is 78.8 Å². The van der Waals surface area contributed by atoms with E-state index in [9.17, 15) is 4.79 Å². The van der Waals surface area contributed by atoms with Crippen molar-refractivity contribution < 1.29 is 14.3 Å². The number of nitrogens with zero attached hydrogens (tertiary/aromatic N) is 3. The minimum Gasteiger partial charge on any atom is -0.490 e. The first-order valence-electron chi connectivity index (χ1n) is 12.3. The summed E-state index contributed by atoms with van der Waals surface area (Å²) in [6.07, 6.45) is 3.23. The molecule has 1 aromatic heterocycles. The molecule has 0 aliphatic carbocycles. The molecule has 2 aliphatic heterocycles. The fraction of sp³-hybridized carbons (Fsp3) is 0.241. The molecule has 6 rings (SSSR count). The zero-order chi connectivity index (χ0) is 24.5. The highest BCUT2D eigenvalue weighted by molar-refractivity contribution is 6.01. The Bertz CT molecular complexity index is 1400. The first-order chi connectivity index (χ1) is 17.7.